The topological polar surface area (TPSA) is 110 Å². The van der Waals surface area contributed by atoms with E-state index in [-0.39, 0.29) is 24.2 Å². The Morgan fingerprint density at radius 1 is 1.22 bits per heavy atom. The molecule has 1 saturated heterocycles. The van der Waals surface area contributed by atoms with Crippen molar-refractivity contribution in [1.29, 1.82) is 0 Å². The lowest BCUT2D eigenvalue weighted by molar-refractivity contribution is -0.142. The van der Waals surface area contributed by atoms with E-state index < -0.39 is 0 Å². The number of nitrogens with zero attached hydrogens (tertiary/aromatic N) is 5. The summed E-state index contributed by atoms with van der Waals surface area (Å²) in [5.41, 5.74) is 2.34. The fourth-order valence-corrected chi connectivity index (χ4v) is 4.30. The van der Waals surface area contributed by atoms with Gasteiger partial charge in [-0.2, -0.15) is 0 Å². The molecule has 1 N–H and O–H groups in total. The molecule has 3 aromatic rings. The van der Waals surface area contributed by atoms with Crippen molar-refractivity contribution in [3.8, 4) is 11.3 Å². The van der Waals surface area contributed by atoms with Gasteiger partial charge in [0.1, 0.15) is 0 Å². The normalized spacial score (nSPS) is 15.9. The van der Waals surface area contributed by atoms with Crippen molar-refractivity contribution < 1.29 is 14.3 Å². The number of pyridine rings is 1. The maximum Gasteiger partial charge on any atom is 0.311 e. The molecule has 32 heavy (non-hydrogen) atoms. The van der Waals surface area contributed by atoms with E-state index in [0.29, 0.717) is 24.0 Å². The van der Waals surface area contributed by atoms with Crippen LogP contribution in [0.4, 0.5) is 10.9 Å². The van der Waals surface area contributed by atoms with Crippen molar-refractivity contribution >= 4 is 34.2 Å². The second-order valence-corrected chi connectivity index (χ2v) is 8.27. The van der Waals surface area contributed by atoms with Gasteiger partial charge in [0, 0.05) is 36.4 Å². The second kappa shape index (κ2) is 10.3. The number of ether oxygens (including phenoxy) is 1. The van der Waals surface area contributed by atoms with Crippen LogP contribution in [0.25, 0.3) is 11.3 Å². The van der Waals surface area contributed by atoms with Crippen LogP contribution in [0.5, 0.6) is 0 Å². The minimum atomic E-state index is -0.324. The molecule has 4 rings (SSSR count). The Morgan fingerprint density at radius 3 is 2.81 bits per heavy atom. The number of thiazole rings is 1. The molecule has 9 nitrogen and oxygen atoms in total. The van der Waals surface area contributed by atoms with E-state index in [0.717, 1.165) is 36.5 Å². The van der Waals surface area contributed by atoms with Crippen molar-refractivity contribution in [3.63, 3.8) is 0 Å². The number of amides is 1. The molecule has 0 aliphatic carbocycles. The van der Waals surface area contributed by atoms with Crippen LogP contribution < -0.4 is 10.2 Å². The Hall–Kier alpha value is -3.40. The van der Waals surface area contributed by atoms with E-state index in [9.17, 15) is 9.59 Å². The molecule has 3 aromatic heterocycles. The molecule has 0 aromatic carbocycles. The quantitative estimate of drug-likeness (QED) is 0.545. The molecule has 1 aliphatic heterocycles. The van der Waals surface area contributed by atoms with Crippen molar-refractivity contribution in [1.82, 2.24) is 20.2 Å². The lowest BCUT2D eigenvalue weighted by Gasteiger charge is -2.32. The van der Waals surface area contributed by atoms with Gasteiger partial charge in [0.2, 0.25) is 5.91 Å². The molecule has 166 valence electrons. The van der Waals surface area contributed by atoms with Crippen LogP contribution in [0.15, 0.2) is 42.0 Å². The highest BCUT2D eigenvalue weighted by atomic mass is 32.1. The van der Waals surface area contributed by atoms with Crippen molar-refractivity contribution in [3.05, 3.63) is 47.7 Å². The highest BCUT2D eigenvalue weighted by molar-refractivity contribution is 7.13. The number of hydrogen-bond acceptors (Lipinski definition) is 9. The van der Waals surface area contributed by atoms with Crippen molar-refractivity contribution in [2.24, 2.45) is 5.92 Å². The Balaban J connectivity index is 1.35. The maximum atomic E-state index is 12.8. The number of nitrogens with one attached hydrogen (secondary N) is 1. The summed E-state index contributed by atoms with van der Waals surface area (Å²) in [7, 11) is 0. The van der Waals surface area contributed by atoms with Gasteiger partial charge < -0.3 is 15.0 Å². The summed E-state index contributed by atoms with van der Waals surface area (Å²) in [5, 5.41) is 13.9. The van der Waals surface area contributed by atoms with Gasteiger partial charge in [-0.25, -0.2) is 4.98 Å². The van der Waals surface area contributed by atoms with Crippen molar-refractivity contribution in [2.45, 2.75) is 26.2 Å². The van der Waals surface area contributed by atoms with Crippen LogP contribution in [0.3, 0.4) is 0 Å². The number of carbonyl (C=O) groups excluding carboxylic acids is 2. The van der Waals surface area contributed by atoms with Gasteiger partial charge in [0.05, 0.1) is 30.3 Å². The lowest BCUT2D eigenvalue weighted by atomic mass is 9.97. The molecular weight excluding hydrogens is 428 g/mol. The number of rotatable bonds is 7. The van der Waals surface area contributed by atoms with Gasteiger partial charge in [-0.1, -0.05) is 0 Å². The van der Waals surface area contributed by atoms with Gasteiger partial charge in [0.25, 0.3) is 0 Å². The molecule has 1 unspecified atom stereocenters. The molecule has 1 fully saturated rings. The summed E-state index contributed by atoms with van der Waals surface area (Å²) in [6.45, 7) is 3.49. The fourth-order valence-electron chi connectivity index (χ4n) is 3.58. The zero-order valence-corrected chi connectivity index (χ0v) is 18.5. The Bertz CT molecular complexity index is 1060. The van der Waals surface area contributed by atoms with Gasteiger partial charge in [-0.15, -0.1) is 21.5 Å². The molecule has 0 spiro atoms. The van der Waals surface area contributed by atoms with Crippen LogP contribution in [0.1, 0.15) is 25.5 Å². The molecule has 1 amide bonds. The zero-order chi connectivity index (χ0) is 22.3. The van der Waals surface area contributed by atoms with E-state index in [2.05, 4.69) is 30.4 Å². The van der Waals surface area contributed by atoms with Crippen LogP contribution in [-0.2, 0) is 20.7 Å². The Kier molecular flexibility index (Phi) is 7.00. The molecule has 0 radical (unpaired) electrons. The van der Waals surface area contributed by atoms with Crippen LogP contribution in [0, 0.1) is 5.92 Å². The third-order valence-corrected chi connectivity index (χ3v) is 5.96. The van der Waals surface area contributed by atoms with Gasteiger partial charge >= 0.3 is 5.97 Å². The summed E-state index contributed by atoms with van der Waals surface area (Å²) in [4.78, 5) is 34.8. The molecule has 0 saturated carbocycles. The van der Waals surface area contributed by atoms with E-state index in [1.54, 1.807) is 24.7 Å². The third kappa shape index (κ3) is 5.44. The first kappa shape index (κ1) is 21.8. The average molecular weight is 453 g/mol. The van der Waals surface area contributed by atoms with Crippen LogP contribution in [0.2, 0.25) is 0 Å². The monoisotopic (exact) mass is 452 g/mol. The summed E-state index contributed by atoms with van der Waals surface area (Å²) in [6, 6.07) is 7.65. The van der Waals surface area contributed by atoms with E-state index >= 15 is 0 Å². The number of piperidine rings is 1. The third-order valence-electron chi connectivity index (χ3n) is 5.16. The van der Waals surface area contributed by atoms with Gasteiger partial charge in [-0.05, 0) is 44.0 Å². The van der Waals surface area contributed by atoms with Gasteiger partial charge in [-0.3, -0.25) is 14.6 Å². The summed E-state index contributed by atoms with van der Waals surface area (Å²) in [5.74, 6) is 0.178. The molecule has 10 heteroatoms. The number of hydrogen-bond donors (Lipinski definition) is 1. The standard InChI is InChI=1S/C22H24N6O3S/c1-2-31-20(29)12-17-14-32-22(24-17)25-21(30)16-4-3-11-28(13-16)19-6-5-18(26-27-19)15-7-9-23-10-8-15/h5-10,14,16H,2-4,11-13H2,1H3,(H,24,25,30). The fraction of sp³-hybridized carbons (Fsp3) is 0.364. The molecule has 0 bridgehead atoms. The number of anilines is 2. The second-order valence-electron chi connectivity index (χ2n) is 7.41. The van der Waals surface area contributed by atoms with E-state index in [1.807, 2.05) is 24.3 Å². The first-order chi connectivity index (χ1) is 15.6. The number of aromatic nitrogens is 4. The maximum absolute atomic E-state index is 12.8. The molecule has 1 atom stereocenters. The number of esters is 1. The predicted molar refractivity (Wildman–Crippen MR) is 121 cm³/mol. The molecule has 1 aliphatic rings. The SMILES string of the molecule is CCOC(=O)Cc1csc(NC(=O)C2CCCN(c3ccc(-c4ccncc4)nn3)C2)n1. The first-order valence-electron chi connectivity index (χ1n) is 10.5. The Morgan fingerprint density at radius 2 is 2.06 bits per heavy atom. The predicted octanol–water partition coefficient (Wildman–Crippen LogP) is 2.96. The largest absolute Gasteiger partial charge is 0.466 e. The first-order valence-corrected chi connectivity index (χ1v) is 11.4. The van der Waals surface area contributed by atoms with E-state index in [4.69, 9.17) is 4.74 Å². The Labute approximate surface area is 189 Å². The average Bonchev–Trinajstić information content (AvgIpc) is 3.26. The minimum absolute atomic E-state index is 0.0758. The highest BCUT2D eigenvalue weighted by Gasteiger charge is 2.27. The zero-order valence-electron chi connectivity index (χ0n) is 17.7. The lowest BCUT2D eigenvalue weighted by Crippen LogP contribution is -2.41. The molecular formula is C22H24N6O3S. The number of carbonyl (C=O) groups is 2. The van der Waals surface area contributed by atoms with Crippen LogP contribution >= 0.6 is 11.3 Å². The summed E-state index contributed by atoms with van der Waals surface area (Å²) >= 11 is 1.31. The smallest absolute Gasteiger partial charge is 0.311 e. The minimum Gasteiger partial charge on any atom is -0.466 e. The molecule has 4 heterocycles. The summed E-state index contributed by atoms with van der Waals surface area (Å²) < 4.78 is 4.94. The highest BCUT2D eigenvalue weighted by Crippen LogP contribution is 2.25. The van der Waals surface area contributed by atoms with Crippen molar-refractivity contribution in [2.75, 3.05) is 29.9 Å². The van der Waals surface area contributed by atoms with E-state index in [1.165, 1.54) is 11.3 Å². The van der Waals surface area contributed by atoms with Gasteiger partial charge in [0.15, 0.2) is 10.9 Å². The summed E-state index contributed by atoms with van der Waals surface area (Å²) in [6.07, 6.45) is 5.23. The van der Waals surface area contributed by atoms with Crippen LogP contribution in [-0.4, -0.2) is 51.7 Å².